The van der Waals surface area contributed by atoms with Gasteiger partial charge in [-0.25, -0.2) is 0 Å². The third-order valence-electron chi connectivity index (χ3n) is 4.45. The lowest BCUT2D eigenvalue weighted by Gasteiger charge is -2.30. The van der Waals surface area contributed by atoms with E-state index >= 15 is 0 Å². The molecular formula is C17H23BrN2O. The third-order valence-corrected chi connectivity index (χ3v) is 5.15. The molecule has 1 saturated carbocycles. The summed E-state index contributed by atoms with van der Waals surface area (Å²) in [4.78, 5) is 15.1. The summed E-state index contributed by atoms with van der Waals surface area (Å²) < 4.78 is 0.908. The fourth-order valence-electron chi connectivity index (χ4n) is 3.10. The van der Waals surface area contributed by atoms with Crippen molar-refractivity contribution in [2.24, 2.45) is 5.92 Å². The van der Waals surface area contributed by atoms with Crippen LogP contribution in [0.3, 0.4) is 0 Å². The Morgan fingerprint density at radius 1 is 1.38 bits per heavy atom. The van der Waals surface area contributed by atoms with Crippen molar-refractivity contribution in [3.05, 3.63) is 33.8 Å². The van der Waals surface area contributed by atoms with Crippen LogP contribution >= 0.6 is 15.9 Å². The average molecular weight is 351 g/mol. The van der Waals surface area contributed by atoms with Crippen molar-refractivity contribution >= 4 is 21.8 Å². The van der Waals surface area contributed by atoms with Crippen LogP contribution in [0.1, 0.15) is 41.6 Å². The van der Waals surface area contributed by atoms with E-state index in [0.717, 1.165) is 48.1 Å². The molecule has 0 aromatic heterocycles. The summed E-state index contributed by atoms with van der Waals surface area (Å²) in [7, 11) is 0. The van der Waals surface area contributed by atoms with Crippen LogP contribution in [0.15, 0.2) is 22.7 Å². The molecule has 2 fully saturated rings. The predicted molar refractivity (Wildman–Crippen MR) is 88.5 cm³/mol. The van der Waals surface area contributed by atoms with Crippen LogP contribution in [0.25, 0.3) is 0 Å². The molecule has 21 heavy (non-hydrogen) atoms. The molecule has 3 rings (SSSR count). The van der Waals surface area contributed by atoms with Gasteiger partial charge in [0, 0.05) is 17.1 Å². The Kier molecular flexibility index (Phi) is 4.65. The Balaban J connectivity index is 1.76. The maximum absolute atomic E-state index is 12.9. The molecule has 1 aliphatic heterocycles. The first-order valence-electron chi connectivity index (χ1n) is 7.93. The molecule has 0 spiro atoms. The van der Waals surface area contributed by atoms with E-state index in [0.29, 0.717) is 12.0 Å². The summed E-state index contributed by atoms with van der Waals surface area (Å²) in [6.07, 6.45) is 4.79. The van der Waals surface area contributed by atoms with E-state index in [1.54, 1.807) is 0 Å². The molecule has 1 saturated heterocycles. The first kappa shape index (κ1) is 15.0. The maximum atomic E-state index is 12.9. The van der Waals surface area contributed by atoms with E-state index < -0.39 is 0 Å². The van der Waals surface area contributed by atoms with E-state index in [1.807, 2.05) is 25.1 Å². The normalized spacial score (nSPS) is 22.1. The molecule has 1 aromatic carbocycles. The molecule has 1 unspecified atom stereocenters. The monoisotopic (exact) mass is 350 g/mol. The number of benzene rings is 1. The van der Waals surface area contributed by atoms with Crippen LogP contribution in [0.5, 0.6) is 0 Å². The minimum Gasteiger partial charge on any atom is -0.335 e. The smallest absolute Gasteiger partial charge is 0.255 e. The lowest BCUT2D eigenvalue weighted by atomic mass is 9.98. The Hall–Kier alpha value is -0.870. The standard InChI is InChI=1S/C17H23BrN2O/c1-12-4-7-16(18)15(9-12)17(21)20(14-5-6-14)11-13-3-2-8-19-10-13/h4,7,9,13-14,19H,2-3,5-6,8,10-11H2,1H3. The van der Waals surface area contributed by atoms with Gasteiger partial charge in [-0.15, -0.1) is 0 Å². The quantitative estimate of drug-likeness (QED) is 0.902. The largest absolute Gasteiger partial charge is 0.335 e. The van der Waals surface area contributed by atoms with E-state index in [1.165, 1.54) is 12.8 Å². The number of carbonyl (C=O) groups is 1. The summed E-state index contributed by atoms with van der Waals surface area (Å²) in [6.45, 7) is 5.11. The van der Waals surface area contributed by atoms with Crippen LogP contribution in [0.2, 0.25) is 0 Å². The molecule has 3 nitrogen and oxygen atoms in total. The fourth-order valence-corrected chi connectivity index (χ4v) is 3.52. The number of halogens is 1. The Morgan fingerprint density at radius 2 is 2.19 bits per heavy atom. The number of nitrogens with one attached hydrogen (secondary N) is 1. The Morgan fingerprint density at radius 3 is 2.86 bits per heavy atom. The highest BCUT2D eigenvalue weighted by molar-refractivity contribution is 9.10. The fraction of sp³-hybridized carbons (Fsp3) is 0.588. The van der Waals surface area contributed by atoms with Crippen LogP contribution < -0.4 is 5.32 Å². The predicted octanol–water partition coefficient (Wildman–Crippen LogP) is 3.36. The van der Waals surface area contributed by atoms with Crippen molar-refractivity contribution in [3.63, 3.8) is 0 Å². The maximum Gasteiger partial charge on any atom is 0.255 e. The van der Waals surface area contributed by atoms with Gasteiger partial charge in [-0.05, 0) is 79.7 Å². The first-order chi connectivity index (χ1) is 10.1. The molecule has 0 radical (unpaired) electrons. The number of aryl methyl sites for hydroxylation is 1. The van der Waals surface area contributed by atoms with Gasteiger partial charge in [0.1, 0.15) is 0 Å². The number of nitrogens with zero attached hydrogens (tertiary/aromatic N) is 1. The van der Waals surface area contributed by atoms with Crippen molar-refractivity contribution in [2.45, 2.75) is 38.6 Å². The minimum atomic E-state index is 0.193. The van der Waals surface area contributed by atoms with Crippen molar-refractivity contribution in [2.75, 3.05) is 19.6 Å². The molecule has 114 valence electrons. The molecule has 0 bridgehead atoms. The van der Waals surface area contributed by atoms with Crippen LogP contribution in [-0.2, 0) is 0 Å². The molecule has 4 heteroatoms. The molecule has 1 aliphatic carbocycles. The summed E-state index contributed by atoms with van der Waals surface area (Å²) in [6, 6.07) is 6.48. The second-order valence-corrected chi connectivity index (χ2v) is 7.24. The van der Waals surface area contributed by atoms with Crippen molar-refractivity contribution < 1.29 is 4.79 Å². The topological polar surface area (TPSA) is 32.3 Å². The highest BCUT2D eigenvalue weighted by Gasteiger charge is 2.35. The summed E-state index contributed by atoms with van der Waals surface area (Å²) in [5.74, 6) is 0.797. The van der Waals surface area contributed by atoms with Crippen LogP contribution in [-0.4, -0.2) is 36.5 Å². The lowest BCUT2D eigenvalue weighted by molar-refractivity contribution is 0.0703. The molecule has 1 amide bonds. The zero-order valence-electron chi connectivity index (χ0n) is 12.6. The van der Waals surface area contributed by atoms with Gasteiger partial charge in [-0.1, -0.05) is 11.6 Å². The van der Waals surface area contributed by atoms with E-state index in [-0.39, 0.29) is 5.91 Å². The minimum absolute atomic E-state index is 0.193. The SMILES string of the molecule is Cc1ccc(Br)c(C(=O)N(CC2CCCNC2)C2CC2)c1. The second-order valence-electron chi connectivity index (χ2n) is 6.38. The number of piperidine rings is 1. The van der Waals surface area contributed by atoms with E-state index in [9.17, 15) is 4.79 Å². The van der Waals surface area contributed by atoms with Crippen molar-refractivity contribution in [3.8, 4) is 0 Å². The van der Waals surface area contributed by atoms with Gasteiger partial charge in [-0.3, -0.25) is 4.79 Å². The molecule has 1 atom stereocenters. The number of carbonyl (C=O) groups excluding carboxylic acids is 1. The summed E-state index contributed by atoms with van der Waals surface area (Å²) >= 11 is 3.53. The number of rotatable bonds is 4. The van der Waals surface area contributed by atoms with E-state index in [2.05, 4.69) is 26.1 Å². The molecule has 2 aliphatic rings. The van der Waals surface area contributed by atoms with Gasteiger partial charge in [0.25, 0.3) is 5.91 Å². The second kappa shape index (κ2) is 6.49. The molecule has 1 N–H and O–H groups in total. The third kappa shape index (κ3) is 3.67. The number of hydrogen-bond acceptors (Lipinski definition) is 2. The average Bonchev–Trinajstić information content (AvgIpc) is 3.32. The van der Waals surface area contributed by atoms with Crippen molar-refractivity contribution in [1.82, 2.24) is 10.2 Å². The van der Waals surface area contributed by atoms with Gasteiger partial charge in [0.2, 0.25) is 0 Å². The van der Waals surface area contributed by atoms with Gasteiger partial charge >= 0.3 is 0 Å². The Bertz CT molecular complexity index is 522. The van der Waals surface area contributed by atoms with Gasteiger partial charge < -0.3 is 10.2 Å². The van der Waals surface area contributed by atoms with Gasteiger partial charge in [-0.2, -0.15) is 0 Å². The van der Waals surface area contributed by atoms with Gasteiger partial charge in [0.15, 0.2) is 0 Å². The molecule has 1 heterocycles. The highest BCUT2D eigenvalue weighted by atomic mass is 79.9. The first-order valence-corrected chi connectivity index (χ1v) is 8.72. The zero-order valence-corrected chi connectivity index (χ0v) is 14.2. The van der Waals surface area contributed by atoms with E-state index in [4.69, 9.17) is 0 Å². The number of amides is 1. The Labute approximate surface area is 135 Å². The summed E-state index contributed by atoms with van der Waals surface area (Å²) in [5.41, 5.74) is 1.95. The lowest BCUT2D eigenvalue weighted by Crippen LogP contribution is -2.42. The van der Waals surface area contributed by atoms with Crippen LogP contribution in [0.4, 0.5) is 0 Å². The highest BCUT2D eigenvalue weighted by Crippen LogP contribution is 2.31. The molecular weight excluding hydrogens is 328 g/mol. The molecule has 1 aromatic rings. The van der Waals surface area contributed by atoms with Crippen LogP contribution in [0, 0.1) is 12.8 Å². The van der Waals surface area contributed by atoms with Gasteiger partial charge in [0.05, 0.1) is 5.56 Å². The summed E-state index contributed by atoms with van der Waals surface area (Å²) in [5, 5.41) is 3.45. The number of hydrogen-bond donors (Lipinski definition) is 1. The van der Waals surface area contributed by atoms with Crippen molar-refractivity contribution in [1.29, 1.82) is 0 Å². The zero-order chi connectivity index (χ0) is 14.8.